The Morgan fingerprint density at radius 1 is 1.26 bits per heavy atom. The molecule has 3 rings (SSSR count). The van der Waals surface area contributed by atoms with Crippen LogP contribution in [0.4, 0.5) is 0 Å². The number of rotatable bonds is 3. The molecule has 0 amide bonds. The van der Waals surface area contributed by atoms with E-state index in [4.69, 9.17) is 4.74 Å². The van der Waals surface area contributed by atoms with Gasteiger partial charge in [0, 0.05) is 25.1 Å². The minimum atomic E-state index is -3.55. The van der Waals surface area contributed by atoms with E-state index in [2.05, 4.69) is 0 Å². The second-order valence-electron chi connectivity index (χ2n) is 6.69. The molecule has 2 saturated heterocycles. The zero-order valence-corrected chi connectivity index (χ0v) is 14.6. The molecule has 0 aliphatic carbocycles. The molecule has 1 aromatic rings. The highest BCUT2D eigenvalue weighted by atomic mass is 32.2. The van der Waals surface area contributed by atoms with E-state index in [-0.39, 0.29) is 12.0 Å². The van der Waals surface area contributed by atoms with Crippen molar-refractivity contribution >= 4 is 10.0 Å². The summed E-state index contributed by atoms with van der Waals surface area (Å²) in [4.78, 5) is 0.385. The van der Waals surface area contributed by atoms with Crippen LogP contribution in [0.15, 0.2) is 23.1 Å². The number of aliphatic hydroxyl groups is 1. The van der Waals surface area contributed by atoms with Gasteiger partial charge in [-0.25, -0.2) is 8.42 Å². The minimum absolute atomic E-state index is 0.133. The van der Waals surface area contributed by atoms with E-state index in [1.807, 2.05) is 26.0 Å². The highest BCUT2D eigenvalue weighted by Crippen LogP contribution is 2.34. The van der Waals surface area contributed by atoms with E-state index < -0.39 is 16.1 Å². The van der Waals surface area contributed by atoms with E-state index >= 15 is 0 Å². The SMILES string of the molecule is Cc1ccc(C)c(S(=O)(=O)N2CCC[C@@H]2[C@@H]2COCC[C@@H]2O)c1. The summed E-state index contributed by atoms with van der Waals surface area (Å²) in [6.07, 6.45) is 1.72. The highest BCUT2D eigenvalue weighted by molar-refractivity contribution is 7.89. The summed E-state index contributed by atoms with van der Waals surface area (Å²) in [5.74, 6) is -0.133. The number of aliphatic hydroxyl groups excluding tert-OH is 1. The Morgan fingerprint density at radius 2 is 2.04 bits per heavy atom. The van der Waals surface area contributed by atoms with Gasteiger partial charge in [0.2, 0.25) is 10.0 Å². The third kappa shape index (κ3) is 3.18. The third-order valence-electron chi connectivity index (χ3n) is 5.04. The molecule has 6 heteroatoms. The predicted octanol–water partition coefficient (Wildman–Crippen LogP) is 1.85. The van der Waals surface area contributed by atoms with Crippen LogP contribution in [-0.2, 0) is 14.8 Å². The molecule has 2 aliphatic rings. The summed E-state index contributed by atoms with van der Waals surface area (Å²) in [5.41, 5.74) is 1.70. The van der Waals surface area contributed by atoms with E-state index in [9.17, 15) is 13.5 Å². The second kappa shape index (κ2) is 6.51. The Labute approximate surface area is 138 Å². The average Bonchev–Trinajstić information content (AvgIpc) is 3.00. The lowest BCUT2D eigenvalue weighted by molar-refractivity contribution is -0.0543. The van der Waals surface area contributed by atoms with Crippen molar-refractivity contribution in [3.8, 4) is 0 Å². The first-order valence-corrected chi connectivity index (χ1v) is 9.70. The molecule has 5 nitrogen and oxygen atoms in total. The lowest BCUT2D eigenvalue weighted by Gasteiger charge is -2.36. The van der Waals surface area contributed by atoms with Gasteiger partial charge in [-0.3, -0.25) is 0 Å². The molecule has 0 aromatic heterocycles. The fourth-order valence-electron chi connectivity index (χ4n) is 3.72. The summed E-state index contributed by atoms with van der Waals surface area (Å²) in [6, 6.07) is 5.35. The number of aryl methyl sites for hydroxylation is 2. The Bertz CT molecular complexity index is 673. The maximum atomic E-state index is 13.2. The van der Waals surface area contributed by atoms with Crippen LogP contribution in [0.25, 0.3) is 0 Å². The quantitative estimate of drug-likeness (QED) is 0.913. The summed E-state index contributed by atoms with van der Waals surface area (Å²) < 4.78 is 33.4. The standard InChI is InChI=1S/C17H25NO4S/c1-12-5-6-13(2)17(10-12)23(20,21)18-8-3-4-15(18)14-11-22-9-7-16(14)19/h5-6,10,14-16,19H,3-4,7-9,11H2,1-2H3/t14-,15+,16-/m0/s1. The number of ether oxygens (including phenoxy) is 1. The highest BCUT2D eigenvalue weighted by Gasteiger charge is 2.43. The van der Waals surface area contributed by atoms with Crippen molar-refractivity contribution in [2.45, 2.75) is 50.2 Å². The van der Waals surface area contributed by atoms with Crippen molar-refractivity contribution in [3.63, 3.8) is 0 Å². The van der Waals surface area contributed by atoms with Crippen molar-refractivity contribution in [3.05, 3.63) is 29.3 Å². The van der Waals surface area contributed by atoms with Gasteiger partial charge in [-0.1, -0.05) is 12.1 Å². The largest absolute Gasteiger partial charge is 0.393 e. The van der Waals surface area contributed by atoms with E-state index in [1.54, 1.807) is 10.4 Å². The number of hydrogen-bond donors (Lipinski definition) is 1. The summed E-state index contributed by atoms with van der Waals surface area (Å²) in [7, 11) is -3.55. The Balaban J connectivity index is 1.93. The lowest BCUT2D eigenvalue weighted by Crippen LogP contribution is -2.48. The van der Waals surface area contributed by atoms with Gasteiger partial charge in [-0.05, 0) is 50.3 Å². The molecule has 2 aliphatic heterocycles. The van der Waals surface area contributed by atoms with Crippen LogP contribution in [-0.4, -0.2) is 49.7 Å². The van der Waals surface area contributed by atoms with Crippen molar-refractivity contribution in [2.24, 2.45) is 5.92 Å². The maximum Gasteiger partial charge on any atom is 0.243 e. The van der Waals surface area contributed by atoms with Crippen molar-refractivity contribution in [1.29, 1.82) is 0 Å². The van der Waals surface area contributed by atoms with Gasteiger partial charge in [0.15, 0.2) is 0 Å². The van der Waals surface area contributed by atoms with Crippen LogP contribution in [0.2, 0.25) is 0 Å². The third-order valence-corrected chi connectivity index (χ3v) is 7.10. The van der Waals surface area contributed by atoms with Gasteiger partial charge in [-0.15, -0.1) is 0 Å². The second-order valence-corrected chi connectivity index (χ2v) is 8.55. The van der Waals surface area contributed by atoms with E-state index in [0.717, 1.165) is 24.0 Å². The Hall–Kier alpha value is -0.950. The van der Waals surface area contributed by atoms with E-state index in [1.165, 1.54) is 0 Å². The minimum Gasteiger partial charge on any atom is -0.393 e. The van der Waals surface area contributed by atoms with Crippen LogP contribution in [0.3, 0.4) is 0 Å². The molecule has 3 atom stereocenters. The molecule has 1 N–H and O–H groups in total. The molecular weight excluding hydrogens is 314 g/mol. The average molecular weight is 339 g/mol. The number of hydrogen-bond acceptors (Lipinski definition) is 4. The van der Waals surface area contributed by atoms with Gasteiger partial charge < -0.3 is 9.84 Å². The summed E-state index contributed by atoms with van der Waals surface area (Å²) in [6.45, 7) is 5.23. The molecule has 0 bridgehead atoms. The van der Waals surface area contributed by atoms with E-state index in [0.29, 0.717) is 31.1 Å². The summed E-state index contributed by atoms with van der Waals surface area (Å²) in [5, 5.41) is 10.3. The Morgan fingerprint density at radius 3 is 2.78 bits per heavy atom. The van der Waals surface area contributed by atoms with Crippen molar-refractivity contribution in [1.82, 2.24) is 4.31 Å². The van der Waals surface area contributed by atoms with Crippen LogP contribution in [0.5, 0.6) is 0 Å². The molecule has 128 valence electrons. The normalized spacial score (nSPS) is 29.8. The smallest absolute Gasteiger partial charge is 0.243 e. The van der Waals surface area contributed by atoms with Gasteiger partial charge in [0.05, 0.1) is 17.6 Å². The van der Waals surface area contributed by atoms with Crippen molar-refractivity contribution in [2.75, 3.05) is 19.8 Å². The predicted molar refractivity (Wildman–Crippen MR) is 87.8 cm³/mol. The van der Waals surface area contributed by atoms with Crippen molar-refractivity contribution < 1.29 is 18.3 Å². The van der Waals surface area contributed by atoms with Crippen LogP contribution in [0.1, 0.15) is 30.4 Å². The molecule has 2 fully saturated rings. The molecule has 0 saturated carbocycles. The van der Waals surface area contributed by atoms with Crippen LogP contribution >= 0.6 is 0 Å². The summed E-state index contributed by atoms with van der Waals surface area (Å²) >= 11 is 0. The zero-order chi connectivity index (χ0) is 16.6. The van der Waals surface area contributed by atoms with Gasteiger partial charge in [0.1, 0.15) is 0 Å². The van der Waals surface area contributed by atoms with Gasteiger partial charge >= 0.3 is 0 Å². The molecule has 0 radical (unpaired) electrons. The molecule has 0 spiro atoms. The molecule has 2 heterocycles. The molecule has 0 unspecified atom stereocenters. The first-order chi connectivity index (χ1) is 10.9. The fraction of sp³-hybridized carbons (Fsp3) is 0.647. The molecular formula is C17H25NO4S. The lowest BCUT2D eigenvalue weighted by atomic mass is 9.90. The van der Waals surface area contributed by atoms with Crippen LogP contribution < -0.4 is 0 Å². The maximum absolute atomic E-state index is 13.2. The fourth-order valence-corrected chi connectivity index (χ4v) is 5.77. The number of nitrogens with zero attached hydrogens (tertiary/aromatic N) is 1. The monoisotopic (exact) mass is 339 g/mol. The first-order valence-electron chi connectivity index (χ1n) is 8.26. The number of sulfonamides is 1. The van der Waals surface area contributed by atoms with Crippen LogP contribution in [0, 0.1) is 19.8 Å². The van der Waals surface area contributed by atoms with Gasteiger partial charge in [-0.2, -0.15) is 4.31 Å². The van der Waals surface area contributed by atoms with Gasteiger partial charge in [0.25, 0.3) is 0 Å². The first kappa shape index (κ1) is 16.9. The molecule has 1 aromatic carbocycles. The zero-order valence-electron chi connectivity index (χ0n) is 13.7. The number of benzene rings is 1. The molecule has 23 heavy (non-hydrogen) atoms. The topological polar surface area (TPSA) is 66.8 Å². The Kier molecular flexibility index (Phi) is 4.78.